The number of anilines is 1. The number of hydrogen-bond donors (Lipinski definition) is 1. The van der Waals surface area contributed by atoms with Crippen molar-refractivity contribution in [1.82, 2.24) is 0 Å². The Kier molecular flexibility index (Phi) is 6.00. The molecule has 0 unspecified atom stereocenters. The molecule has 0 aliphatic heterocycles. The van der Waals surface area contributed by atoms with E-state index in [2.05, 4.69) is 5.32 Å². The lowest BCUT2D eigenvalue weighted by atomic mass is 10.1. The van der Waals surface area contributed by atoms with Crippen molar-refractivity contribution in [2.75, 3.05) is 26.1 Å². The molecule has 0 aliphatic carbocycles. The second kappa shape index (κ2) is 8.19. The summed E-state index contributed by atoms with van der Waals surface area (Å²) in [7, 11) is 2.48. The number of allylic oxidation sites excluding steroid dienone is 1. The molecule has 0 aliphatic rings. The fourth-order valence-electron chi connectivity index (χ4n) is 2.45. The average Bonchev–Trinajstić information content (AvgIpc) is 3.01. The summed E-state index contributed by atoms with van der Waals surface area (Å²) in [4.78, 5) is 24.2. The molecule has 0 amide bonds. The van der Waals surface area contributed by atoms with Gasteiger partial charge in [-0.1, -0.05) is 30.3 Å². The fourth-order valence-corrected chi connectivity index (χ4v) is 2.45. The maximum Gasteiger partial charge on any atom is 0.374 e. The minimum Gasteiger partial charge on any atom is -0.465 e. The number of benzene rings is 1. The van der Waals surface area contributed by atoms with Gasteiger partial charge >= 0.3 is 11.9 Å². The highest BCUT2D eigenvalue weighted by Gasteiger charge is 2.31. The van der Waals surface area contributed by atoms with Gasteiger partial charge in [0.1, 0.15) is 5.56 Å². The number of furan rings is 1. The molecule has 0 atom stereocenters. The second-order valence-electron chi connectivity index (χ2n) is 5.26. The highest BCUT2D eigenvalue weighted by atomic mass is 16.5. The van der Waals surface area contributed by atoms with Gasteiger partial charge in [0.05, 0.1) is 19.9 Å². The zero-order valence-corrected chi connectivity index (χ0v) is 14.7. The van der Waals surface area contributed by atoms with Crippen molar-refractivity contribution in [3.63, 3.8) is 0 Å². The Balaban J connectivity index is 2.64. The summed E-state index contributed by atoms with van der Waals surface area (Å²) in [6.45, 7) is 4.26. The van der Waals surface area contributed by atoms with Crippen LogP contribution in [0.5, 0.6) is 0 Å². The number of carbonyl (C=O) groups excluding carboxylic acids is 2. The molecule has 1 aromatic heterocycles. The number of rotatable bonds is 6. The fraction of sp³-hybridized carbons (Fsp3) is 0.263. The molecule has 132 valence electrons. The smallest absolute Gasteiger partial charge is 0.374 e. The summed E-state index contributed by atoms with van der Waals surface area (Å²) < 4.78 is 15.2. The van der Waals surface area contributed by atoms with Crippen LogP contribution < -0.4 is 5.32 Å². The van der Waals surface area contributed by atoms with E-state index in [1.165, 1.54) is 14.2 Å². The molecule has 6 heteroatoms. The van der Waals surface area contributed by atoms with Crippen LogP contribution in [0.4, 0.5) is 5.69 Å². The lowest BCUT2D eigenvalue weighted by Gasteiger charge is -2.07. The highest BCUT2D eigenvalue weighted by Crippen LogP contribution is 2.35. The monoisotopic (exact) mass is 343 g/mol. The topological polar surface area (TPSA) is 77.8 Å². The first-order chi connectivity index (χ1) is 12.0. The third kappa shape index (κ3) is 3.91. The van der Waals surface area contributed by atoms with Crippen LogP contribution >= 0.6 is 0 Å². The van der Waals surface area contributed by atoms with Crippen molar-refractivity contribution in [3.05, 3.63) is 53.0 Å². The number of methoxy groups -OCH3 is 2. The van der Waals surface area contributed by atoms with Gasteiger partial charge in [0, 0.05) is 6.54 Å². The minimum atomic E-state index is -0.738. The van der Waals surface area contributed by atoms with Gasteiger partial charge in [-0.05, 0) is 31.1 Å². The van der Waals surface area contributed by atoms with Gasteiger partial charge in [0.25, 0.3) is 0 Å². The van der Waals surface area contributed by atoms with Crippen molar-refractivity contribution in [2.24, 2.45) is 0 Å². The predicted octanol–water partition coefficient (Wildman–Crippen LogP) is 3.85. The zero-order valence-electron chi connectivity index (χ0n) is 14.7. The second-order valence-corrected chi connectivity index (χ2v) is 5.26. The molecule has 0 saturated heterocycles. The van der Waals surface area contributed by atoms with Crippen LogP contribution in [0.25, 0.3) is 11.6 Å². The van der Waals surface area contributed by atoms with E-state index in [0.29, 0.717) is 18.0 Å². The molecular weight excluding hydrogens is 322 g/mol. The number of esters is 2. The number of carbonyl (C=O) groups is 2. The Hall–Kier alpha value is -3.02. The van der Waals surface area contributed by atoms with E-state index in [4.69, 9.17) is 13.9 Å². The molecule has 0 spiro atoms. The van der Waals surface area contributed by atoms with Gasteiger partial charge < -0.3 is 19.2 Å². The highest BCUT2D eigenvalue weighted by molar-refractivity contribution is 6.08. The van der Waals surface area contributed by atoms with Gasteiger partial charge in [-0.15, -0.1) is 0 Å². The van der Waals surface area contributed by atoms with Gasteiger partial charge in [0.2, 0.25) is 5.76 Å². The Labute approximate surface area is 146 Å². The summed E-state index contributed by atoms with van der Waals surface area (Å²) in [6.07, 6.45) is 1.90. The normalized spacial score (nSPS) is 11.1. The molecule has 0 fully saturated rings. The molecule has 0 radical (unpaired) electrons. The van der Waals surface area contributed by atoms with Gasteiger partial charge in [0.15, 0.2) is 5.76 Å². The number of ether oxygens (including phenoxy) is 2. The molecule has 2 rings (SSSR count). The number of nitrogens with one attached hydrogen (secondary N) is 1. The molecule has 25 heavy (non-hydrogen) atoms. The van der Waals surface area contributed by atoms with Crippen LogP contribution in [-0.2, 0) is 9.47 Å². The Bertz CT molecular complexity index is 790. The third-order valence-electron chi connectivity index (χ3n) is 3.56. The van der Waals surface area contributed by atoms with Crippen LogP contribution in [0.3, 0.4) is 0 Å². The molecule has 2 aromatic rings. The Morgan fingerprint density at radius 3 is 2.28 bits per heavy atom. The van der Waals surface area contributed by atoms with Crippen LogP contribution in [-0.4, -0.2) is 32.7 Å². The average molecular weight is 343 g/mol. The van der Waals surface area contributed by atoms with Crippen LogP contribution in [0, 0.1) is 0 Å². The zero-order chi connectivity index (χ0) is 18.4. The maximum absolute atomic E-state index is 12.2. The molecule has 1 N–H and O–H groups in total. The summed E-state index contributed by atoms with van der Waals surface area (Å²) in [5.74, 6) is -1.19. The van der Waals surface area contributed by atoms with Crippen molar-refractivity contribution < 1.29 is 23.5 Å². The maximum atomic E-state index is 12.2. The van der Waals surface area contributed by atoms with E-state index >= 15 is 0 Å². The van der Waals surface area contributed by atoms with Gasteiger partial charge in [-0.25, -0.2) is 9.59 Å². The van der Waals surface area contributed by atoms with Gasteiger partial charge in [-0.2, -0.15) is 0 Å². The lowest BCUT2D eigenvalue weighted by molar-refractivity contribution is 0.0528. The first kappa shape index (κ1) is 18.3. The van der Waals surface area contributed by atoms with Crippen LogP contribution in [0.1, 0.15) is 46.1 Å². The van der Waals surface area contributed by atoms with Crippen molar-refractivity contribution in [1.29, 1.82) is 0 Å². The molecular formula is C19H21NO5. The van der Waals surface area contributed by atoms with E-state index in [9.17, 15) is 9.59 Å². The lowest BCUT2D eigenvalue weighted by Crippen LogP contribution is -2.12. The third-order valence-corrected chi connectivity index (χ3v) is 3.56. The predicted molar refractivity (Wildman–Crippen MR) is 95.5 cm³/mol. The number of hydrogen-bond acceptors (Lipinski definition) is 6. The van der Waals surface area contributed by atoms with Crippen molar-refractivity contribution in [2.45, 2.75) is 13.8 Å². The van der Waals surface area contributed by atoms with E-state index in [-0.39, 0.29) is 11.3 Å². The summed E-state index contributed by atoms with van der Waals surface area (Å²) in [6, 6.07) is 9.66. The quantitative estimate of drug-likeness (QED) is 0.803. The van der Waals surface area contributed by atoms with Gasteiger partial charge in [-0.3, -0.25) is 0 Å². The van der Waals surface area contributed by atoms with Crippen molar-refractivity contribution in [3.8, 4) is 0 Å². The van der Waals surface area contributed by atoms with E-state index in [1.807, 2.05) is 50.3 Å². The molecule has 6 nitrogen and oxygen atoms in total. The van der Waals surface area contributed by atoms with Crippen LogP contribution in [0.15, 0.2) is 34.7 Å². The van der Waals surface area contributed by atoms with E-state index in [1.54, 1.807) is 0 Å². The molecule has 0 saturated carbocycles. The summed E-state index contributed by atoms with van der Waals surface area (Å²) in [5.41, 5.74) is 2.17. The summed E-state index contributed by atoms with van der Waals surface area (Å²) >= 11 is 0. The largest absolute Gasteiger partial charge is 0.465 e. The van der Waals surface area contributed by atoms with Crippen molar-refractivity contribution >= 4 is 29.3 Å². The molecule has 1 heterocycles. The molecule has 0 bridgehead atoms. The first-order valence-corrected chi connectivity index (χ1v) is 7.84. The summed E-state index contributed by atoms with van der Waals surface area (Å²) in [5, 5.41) is 3.08. The Morgan fingerprint density at radius 1 is 1.08 bits per heavy atom. The van der Waals surface area contributed by atoms with E-state index in [0.717, 1.165) is 11.1 Å². The SMILES string of the molecule is CCNc1c(/C(C)=C/c2ccccc2)oc(C(=O)OC)c1C(=O)OC. The Morgan fingerprint density at radius 2 is 1.72 bits per heavy atom. The van der Waals surface area contributed by atoms with E-state index < -0.39 is 11.9 Å². The standard InChI is InChI=1S/C19H21NO5/c1-5-20-15-14(18(21)23-3)17(19(22)24-4)25-16(15)12(2)11-13-9-7-6-8-10-13/h6-11,20H,5H2,1-4H3/b12-11+. The minimum absolute atomic E-state index is 0.0343. The first-order valence-electron chi connectivity index (χ1n) is 7.84. The van der Waals surface area contributed by atoms with Crippen LogP contribution in [0.2, 0.25) is 0 Å². The molecule has 1 aromatic carbocycles.